The van der Waals surface area contributed by atoms with Crippen LogP contribution in [-0.4, -0.2) is 16.6 Å². The summed E-state index contributed by atoms with van der Waals surface area (Å²) in [5.41, 5.74) is 8.74. The number of rotatable bonds is 1. The van der Waals surface area contributed by atoms with Crippen LogP contribution >= 0.6 is 0 Å². The predicted octanol–water partition coefficient (Wildman–Crippen LogP) is 2.43. The van der Waals surface area contributed by atoms with Crippen LogP contribution in [0.25, 0.3) is 0 Å². The number of carbonyl (C=O) groups is 1. The van der Waals surface area contributed by atoms with Crippen molar-refractivity contribution in [2.75, 3.05) is 5.73 Å². The van der Waals surface area contributed by atoms with Crippen molar-refractivity contribution in [3.8, 4) is 0 Å². The smallest absolute Gasteiger partial charge is 0.357 e. The summed E-state index contributed by atoms with van der Waals surface area (Å²) in [6.45, 7) is 5.55. The zero-order valence-corrected chi connectivity index (χ0v) is 10.7. The average Bonchev–Trinajstić information content (AvgIpc) is 2.55. The van der Waals surface area contributed by atoms with E-state index in [-0.39, 0.29) is 5.97 Å². The minimum Gasteiger partial charge on any atom is -0.455 e. The van der Waals surface area contributed by atoms with E-state index in [2.05, 4.69) is 4.98 Å². The molecule has 17 heavy (non-hydrogen) atoms. The molecule has 0 fully saturated rings. The van der Waals surface area contributed by atoms with Gasteiger partial charge in [-0.15, -0.1) is 0 Å². The molecule has 4 nitrogen and oxygen atoms in total. The van der Waals surface area contributed by atoms with Gasteiger partial charge in [-0.3, -0.25) is 0 Å². The average molecular weight is 236 g/mol. The number of aromatic amines is 1. The van der Waals surface area contributed by atoms with Gasteiger partial charge in [0.05, 0.1) is 5.69 Å². The van der Waals surface area contributed by atoms with Crippen molar-refractivity contribution in [3.63, 3.8) is 0 Å². The summed E-state index contributed by atoms with van der Waals surface area (Å²) in [5.74, 6) is -0.357. The molecule has 4 heteroatoms. The SMILES string of the molecule is CC(C)(C)OC(=O)c1[nH]c2c(c1N)CCCC2. The zero-order chi connectivity index (χ0) is 12.6. The van der Waals surface area contributed by atoms with Gasteiger partial charge in [0.2, 0.25) is 0 Å². The third-order valence-electron chi connectivity index (χ3n) is 2.94. The first-order chi connectivity index (χ1) is 7.88. The van der Waals surface area contributed by atoms with Crippen LogP contribution in [0.15, 0.2) is 0 Å². The molecule has 3 N–H and O–H groups in total. The molecule has 94 valence electrons. The Kier molecular flexibility index (Phi) is 2.89. The van der Waals surface area contributed by atoms with Crippen molar-refractivity contribution in [3.05, 3.63) is 17.0 Å². The third kappa shape index (κ3) is 2.46. The molecular weight excluding hydrogens is 216 g/mol. The lowest BCUT2D eigenvalue weighted by Crippen LogP contribution is -2.24. The molecule has 0 radical (unpaired) electrons. The van der Waals surface area contributed by atoms with Gasteiger partial charge in [-0.1, -0.05) is 0 Å². The second-order valence-electron chi connectivity index (χ2n) is 5.58. The number of ether oxygens (including phenoxy) is 1. The van der Waals surface area contributed by atoms with Gasteiger partial charge in [0.25, 0.3) is 0 Å². The highest BCUT2D eigenvalue weighted by Crippen LogP contribution is 2.29. The highest BCUT2D eigenvalue weighted by molar-refractivity contribution is 5.94. The minimum atomic E-state index is -0.491. The van der Waals surface area contributed by atoms with Gasteiger partial charge >= 0.3 is 5.97 Å². The molecule has 0 bridgehead atoms. The molecule has 0 aliphatic heterocycles. The number of fused-ring (bicyclic) bond motifs is 1. The Bertz CT molecular complexity index is 441. The number of esters is 1. The van der Waals surface area contributed by atoms with Crippen LogP contribution in [0.4, 0.5) is 5.69 Å². The molecule has 0 atom stereocenters. The van der Waals surface area contributed by atoms with E-state index < -0.39 is 5.60 Å². The highest BCUT2D eigenvalue weighted by atomic mass is 16.6. The van der Waals surface area contributed by atoms with E-state index >= 15 is 0 Å². The summed E-state index contributed by atoms with van der Waals surface area (Å²) >= 11 is 0. The topological polar surface area (TPSA) is 68.1 Å². The standard InChI is InChI=1S/C13H20N2O2/c1-13(2,3)17-12(16)11-10(14)8-6-4-5-7-9(8)15-11/h15H,4-7,14H2,1-3H3. The van der Waals surface area contributed by atoms with Gasteiger partial charge in [0, 0.05) is 5.69 Å². The van der Waals surface area contributed by atoms with Crippen molar-refractivity contribution < 1.29 is 9.53 Å². The summed E-state index contributed by atoms with van der Waals surface area (Å²) in [4.78, 5) is 15.1. The molecule has 0 saturated heterocycles. The predicted molar refractivity (Wildman–Crippen MR) is 67.0 cm³/mol. The highest BCUT2D eigenvalue weighted by Gasteiger charge is 2.25. The number of H-pyrrole nitrogens is 1. The summed E-state index contributed by atoms with van der Waals surface area (Å²) in [6.07, 6.45) is 4.23. The fourth-order valence-corrected chi connectivity index (χ4v) is 2.20. The summed E-state index contributed by atoms with van der Waals surface area (Å²) < 4.78 is 5.33. The van der Waals surface area contributed by atoms with Crippen LogP contribution in [0.1, 0.15) is 55.4 Å². The first-order valence-electron chi connectivity index (χ1n) is 6.11. The number of hydrogen-bond donors (Lipinski definition) is 2. The van der Waals surface area contributed by atoms with E-state index in [9.17, 15) is 4.79 Å². The Hall–Kier alpha value is -1.45. The molecule has 1 aliphatic rings. The maximum absolute atomic E-state index is 12.0. The van der Waals surface area contributed by atoms with Gasteiger partial charge in [-0.05, 0) is 52.0 Å². The number of anilines is 1. The van der Waals surface area contributed by atoms with Crippen LogP contribution in [0.3, 0.4) is 0 Å². The molecular formula is C13H20N2O2. The molecule has 1 aliphatic carbocycles. The Balaban J connectivity index is 2.27. The van der Waals surface area contributed by atoms with Gasteiger partial charge < -0.3 is 15.5 Å². The molecule has 1 heterocycles. The fourth-order valence-electron chi connectivity index (χ4n) is 2.20. The van der Waals surface area contributed by atoms with E-state index in [1.807, 2.05) is 20.8 Å². The van der Waals surface area contributed by atoms with Gasteiger partial charge in [-0.2, -0.15) is 0 Å². The summed E-state index contributed by atoms with van der Waals surface area (Å²) in [5, 5.41) is 0. The quantitative estimate of drug-likeness (QED) is 0.736. The normalized spacial score (nSPS) is 15.5. The number of nitrogen functional groups attached to an aromatic ring is 1. The molecule has 0 aromatic carbocycles. The number of aromatic nitrogens is 1. The lowest BCUT2D eigenvalue weighted by Gasteiger charge is -2.19. The first kappa shape index (κ1) is 12.0. The van der Waals surface area contributed by atoms with Crippen LogP contribution in [0, 0.1) is 0 Å². The van der Waals surface area contributed by atoms with Crippen molar-refractivity contribution in [1.82, 2.24) is 4.98 Å². The fraction of sp³-hybridized carbons (Fsp3) is 0.615. The third-order valence-corrected chi connectivity index (χ3v) is 2.94. The molecule has 0 saturated carbocycles. The molecule has 0 unspecified atom stereocenters. The zero-order valence-electron chi connectivity index (χ0n) is 10.7. The molecule has 2 rings (SSSR count). The largest absolute Gasteiger partial charge is 0.455 e. The monoisotopic (exact) mass is 236 g/mol. The van der Waals surface area contributed by atoms with E-state index in [4.69, 9.17) is 10.5 Å². The maximum atomic E-state index is 12.0. The number of hydrogen-bond acceptors (Lipinski definition) is 3. The summed E-state index contributed by atoms with van der Waals surface area (Å²) in [7, 11) is 0. The van der Waals surface area contributed by atoms with Gasteiger partial charge in [-0.25, -0.2) is 4.79 Å². The Morgan fingerprint density at radius 1 is 1.29 bits per heavy atom. The van der Waals surface area contributed by atoms with Gasteiger partial charge in [0.15, 0.2) is 0 Å². The van der Waals surface area contributed by atoms with Crippen LogP contribution in [-0.2, 0) is 17.6 Å². The molecule has 1 aromatic rings. The lowest BCUT2D eigenvalue weighted by atomic mass is 9.97. The Morgan fingerprint density at radius 2 is 1.94 bits per heavy atom. The molecule has 0 spiro atoms. The number of aryl methyl sites for hydroxylation is 1. The number of nitrogens with one attached hydrogen (secondary N) is 1. The Morgan fingerprint density at radius 3 is 2.53 bits per heavy atom. The van der Waals surface area contributed by atoms with Crippen molar-refractivity contribution in [2.45, 2.75) is 52.1 Å². The van der Waals surface area contributed by atoms with Crippen LogP contribution in [0.2, 0.25) is 0 Å². The van der Waals surface area contributed by atoms with Crippen LogP contribution in [0.5, 0.6) is 0 Å². The minimum absolute atomic E-state index is 0.357. The van der Waals surface area contributed by atoms with Crippen LogP contribution < -0.4 is 5.73 Å². The van der Waals surface area contributed by atoms with E-state index in [1.54, 1.807) is 0 Å². The molecule has 1 aromatic heterocycles. The van der Waals surface area contributed by atoms with Crippen molar-refractivity contribution >= 4 is 11.7 Å². The lowest BCUT2D eigenvalue weighted by molar-refractivity contribution is 0.00647. The second-order valence-corrected chi connectivity index (χ2v) is 5.58. The summed E-state index contributed by atoms with van der Waals surface area (Å²) in [6, 6.07) is 0. The van der Waals surface area contributed by atoms with E-state index in [1.165, 1.54) is 0 Å². The number of carbonyl (C=O) groups excluding carboxylic acids is 1. The first-order valence-corrected chi connectivity index (χ1v) is 6.11. The molecule has 0 amide bonds. The van der Waals surface area contributed by atoms with E-state index in [0.29, 0.717) is 11.4 Å². The van der Waals surface area contributed by atoms with E-state index in [0.717, 1.165) is 36.9 Å². The Labute approximate surface area is 102 Å². The number of nitrogens with two attached hydrogens (primary N) is 1. The second kappa shape index (κ2) is 4.09. The van der Waals surface area contributed by atoms with Crippen molar-refractivity contribution in [2.24, 2.45) is 0 Å². The van der Waals surface area contributed by atoms with Gasteiger partial charge in [0.1, 0.15) is 11.3 Å². The maximum Gasteiger partial charge on any atom is 0.357 e. The van der Waals surface area contributed by atoms with Crippen molar-refractivity contribution in [1.29, 1.82) is 0 Å².